The zero-order valence-electron chi connectivity index (χ0n) is 9.07. The molecule has 0 saturated heterocycles. The van der Waals surface area contributed by atoms with Crippen molar-refractivity contribution in [2.45, 2.75) is 6.92 Å². The van der Waals surface area contributed by atoms with Crippen LogP contribution in [0.1, 0.15) is 12.6 Å². The first kappa shape index (κ1) is 11.8. The maximum Gasteiger partial charge on any atom is 0.258 e. The molecule has 6 nitrogen and oxygen atoms in total. The summed E-state index contributed by atoms with van der Waals surface area (Å²) in [5.74, 6) is 5.78. The third-order valence-electron chi connectivity index (χ3n) is 1.60. The van der Waals surface area contributed by atoms with Crippen molar-refractivity contribution < 1.29 is 9.53 Å². The number of nitrogen functional groups attached to an aromatic ring is 1. The molecule has 0 atom stereocenters. The van der Waals surface area contributed by atoms with Gasteiger partial charge in [0.15, 0.2) is 5.82 Å². The SMILES string of the molecule is COc1nc(C#CCNC(C)=O)cnc1N. The van der Waals surface area contributed by atoms with E-state index in [2.05, 4.69) is 27.1 Å². The van der Waals surface area contributed by atoms with E-state index in [1.165, 1.54) is 20.2 Å². The normalized spacial score (nSPS) is 8.88. The summed E-state index contributed by atoms with van der Waals surface area (Å²) in [6.07, 6.45) is 1.44. The lowest BCUT2D eigenvalue weighted by atomic mass is 10.4. The van der Waals surface area contributed by atoms with Gasteiger partial charge in [0.25, 0.3) is 5.88 Å². The molecule has 84 valence electrons. The highest BCUT2D eigenvalue weighted by atomic mass is 16.5. The number of rotatable bonds is 2. The third-order valence-corrected chi connectivity index (χ3v) is 1.60. The molecule has 0 aromatic carbocycles. The lowest BCUT2D eigenvalue weighted by Crippen LogP contribution is -2.19. The van der Waals surface area contributed by atoms with E-state index in [9.17, 15) is 4.79 Å². The highest BCUT2D eigenvalue weighted by molar-refractivity contribution is 5.73. The third kappa shape index (κ3) is 3.46. The van der Waals surface area contributed by atoms with Crippen LogP contribution in [0.3, 0.4) is 0 Å². The zero-order valence-corrected chi connectivity index (χ0v) is 9.07. The van der Waals surface area contributed by atoms with E-state index in [0.29, 0.717) is 5.69 Å². The first-order valence-corrected chi connectivity index (χ1v) is 4.53. The van der Waals surface area contributed by atoms with E-state index < -0.39 is 0 Å². The molecule has 0 aliphatic heterocycles. The van der Waals surface area contributed by atoms with Crippen molar-refractivity contribution in [2.75, 3.05) is 19.4 Å². The highest BCUT2D eigenvalue weighted by Crippen LogP contribution is 2.13. The van der Waals surface area contributed by atoms with Crippen LogP contribution in [-0.2, 0) is 4.79 Å². The van der Waals surface area contributed by atoms with Crippen LogP contribution in [0.2, 0.25) is 0 Å². The smallest absolute Gasteiger partial charge is 0.258 e. The largest absolute Gasteiger partial charge is 0.478 e. The molecular weight excluding hydrogens is 208 g/mol. The molecule has 0 unspecified atom stereocenters. The van der Waals surface area contributed by atoms with Gasteiger partial charge in [-0.2, -0.15) is 4.98 Å². The second kappa shape index (κ2) is 5.56. The average molecular weight is 220 g/mol. The van der Waals surface area contributed by atoms with Gasteiger partial charge in [0.1, 0.15) is 5.69 Å². The molecule has 16 heavy (non-hydrogen) atoms. The molecule has 0 aliphatic rings. The van der Waals surface area contributed by atoms with Gasteiger partial charge >= 0.3 is 0 Å². The van der Waals surface area contributed by atoms with E-state index >= 15 is 0 Å². The molecule has 1 aromatic rings. The van der Waals surface area contributed by atoms with Gasteiger partial charge in [0.05, 0.1) is 19.9 Å². The van der Waals surface area contributed by atoms with Crippen molar-refractivity contribution in [3.63, 3.8) is 0 Å². The maximum absolute atomic E-state index is 10.6. The van der Waals surface area contributed by atoms with Crippen LogP contribution in [0.5, 0.6) is 5.88 Å². The minimum absolute atomic E-state index is 0.129. The number of aromatic nitrogens is 2. The predicted molar refractivity (Wildman–Crippen MR) is 58.6 cm³/mol. The molecule has 0 radical (unpaired) electrons. The van der Waals surface area contributed by atoms with E-state index in [1.807, 2.05) is 0 Å². The topological polar surface area (TPSA) is 90.1 Å². The van der Waals surface area contributed by atoms with Gasteiger partial charge in [-0.05, 0) is 5.92 Å². The van der Waals surface area contributed by atoms with Gasteiger partial charge in [0.2, 0.25) is 5.91 Å². The number of hydrogen-bond acceptors (Lipinski definition) is 5. The first-order chi connectivity index (χ1) is 7.63. The summed E-state index contributed by atoms with van der Waals surface area (Å²) in [5.41, 5.74) is 5.93. The molecule has 0 spiro atoms. The Morgan fingerprint density at radius 1 is 1.69 bits per heavy atom. The van der Waals surface area contributed by atoms with Crippen molar-refractivity contribution in [2.24, 2.45) is 0 Å². The quantitative estimate of drug-likeness (QED) is 0.659. The number of carbonyl (C=O) groups excluding carboxylic acids is 1. The lowest BCUT2D eigenvalue weighted by molar-refractivity contribution is -0.118. The summed E-state index contributed by atoms with van der Waals surface area (Å²) in [6, 6.07) is 0. The molecule has 6 heteroatoms. The second-order valence-corrected chi connectivity index (χ2v) is 2.86. The van der Waals surface area contributed by atoms with Gasteiger partial charge in [-0.1, -0.05) is 5.92 Å². The minimum Gasteiger partial charge on any atom is -0.478 e. The van der Waals surface area contributed by atoms with Crippen molar-refractivity contribution in [3.8, 4) is 17.7 Å². The highest BCUT2D eigenvalue weighted by Gasteiger charge is 2.01. The Labute approximate surface area is 93.2 Å². The molecule has 0 aliphatic carbocycles. The number of nitrogens with zero attached hydrogens (tertiary/aromatic N) is 2. The molecule has 0 bridgehead atoms. The number of anilines is 1. The first-order valence-electron chi connectivity index (χ1n) is 4.53. The predicted octanol–water partition coefficient (Wildman–Crippen LogP) is -0.445. The molecule has 1 aromatic heterocycles. The summed E-state index contributed by atoms with van der Waals surface area (Å²) in [6.45, 7) is 1.69. The summed E-state index contributed by atoms with van der Waals surface area (Å²) in [7, 11) is 1.45. The van der Waals surface area contributed by atoms with Gasteiger partial charge in [0, 0.05) is 6.92 Å². The van der Waals surface area contributed by atoms with Gasteiger partial charge in [-0.25, -0.2) is 4.98 Å². The molecule has 1 heterocycles. The number of carbonyl (C=O) groups is 1. The second-order valence-electron chi connectivity index (χ2n) is 2.86. The summed E-state index contributed by atoms with van der Waals surface area (Å²) >= 11 is 0. The number of amides is 1. The zero-order chi connectivity index (χ0) is 12.0. The molecular formula is C10H12N4O2. The van der Waals surface area contributed by atoms with Crippen LogP contribution in [0.25, 0.3) is 0 Å². The Morgan fingerprint density at radius 3 is 3.06 bits per heavy atom. The van der Waals surface area contributed by atoms with Crippen LogP contribution in [-0.4, -0.2) is 29.5 Å². The Balaban J connectivity index is 2.70. The molecule has 3 N–H and O–H groups in total. The van der Waals surface area contributed by atoms with Crippen LogP contribution in [0, 0.1) is 11.8 Å². The van der Waals surface area contributed by atoms with Crippen molar-refractivity contribution in [1.82, 2.24) is 15.3 Å². The fraction of sp³-hybridized carbons (Fsp3) is 0.300. The van der Waals surface area contributed by atoms with Crippen molar-refractivity contribution >= 4 is 11.7 Å². The van der Waals surface area contributed by atoms with Crippen LogP contribution >= 0.6 is 0 Å². The Morgan fingerprint density at radius 2 is 2.44 bits per heavy atom. The van der Waals surface area contributed by atoms with Gasteiger partial charge in [-0.3, -0.25) is 4.79 Å². The number of nitrogens with one attached hydrogen (secondary N) is 1. The molecule has 1 rings (SSSR count). The van der Waals surface area contributed by atoms with Gasteiger partial charge < -0.3 is 15.8 Å². The number of hydrogen-bond donors (Lipinski definition) is 2. The lowest BCUT2D eigenvalue weighted by Gasteiger charge is -2.00. The molecule has 0 fully saturated rings. The van der Waals surface area contributed by atoms with Crippen LogP contribution in [0.15, 0.2) is 6.20 Å². The Bertz CT molecular complexity index is 448. The van der Waals surface area contributed by atoms with Gasteiger partial charge in [-0.15, -0.1) is 0 Å². The van der Waals surface area contributed by atoms with Crippen molar-refractivity contribution in [3.05, 3.63) is 11.9 Å². The van der Waals surface area contributed by atoms with Crippen molar-refractivity contribution in [1.29, 1.82) is 0 Å². The van der Waals surface area contributed by atoms with E-state index in [0.717, 1.165) is 0 Å². The molecule has 0 saturated carbocycles. The van der Waals surface area contributed by atoms with E-state index in [4.69, 9.17) is 10.5 Å². The molecule has 1 amide bonds. The fourth-order valence-corrected chi connectivity index (χ4v) is 0.895. The average Bonchev–Trinajstić information content (AvgIpc) is 2.26. The van der Waals surface area contributed by atoms with E-state index in [-0.39, 0.29) is 24.1 Å². The summed E-state index contributed by atoms with van der Waals surface area (Å²) < 4.78 is 4.89. The summed E-state index contributed by atoms with van der Waals surface area (Å²) in [4.78, 5) is 18.4. The number of ether oxygens (including phenoxy) is 1. The Kier molecular flexibility index (Phi) is 4.09. The van der Waals surface area contributed by atoms with E-state index in [1.54, 1.807) is 0 Å². The monoisotopic (exact) mass is 220 g/mol. The number of nitrogens with two attached hydrogens (primary N) is 1. The van der Waals surface area contributed by atoms with Crippen LogP contribution in [0.4, 0.5) is 5.82 Å². The van der Waals surface area contributed by atoms with Crippen LogP contribution < -0.4 is 15.8 Å². The summed E-state index contributed by atoms with van der Waals surface area (Å²) in [5, 5.41) is 2.54. The number of methoxy groups -OCH3 is 1. The standard InChI is InChI=1S/C10H12N4O2/c1-7(15)12-5-3-4-8-6-13-9(11)10(14-8)16-2/h6H,5H2,1-2H3,(H2,11,13)(H,12,15). The fourth-order valence-electron chi connectivity index (χ4n) is 0.895. The minimum atomic E-state index is -0.129. The maximum atomic E-state index is 10.6. The Hall–Kier alpha value is -2.29.